The monoisotopic (exact) mass is 267 g/mol. The van der Waals surface area contributed by atoms with Gasteiger partial charge in [0.25, 0.3) is 5.91 Å². The third kappa shape index (κ3) is 2.78. The Labute approximate surface area is 116 Å². The Hall–Kier alpha value is -2.80. The normalized spacial score (nSPS) is 11.6. The molecule has 2 aromatic carbocycles. The van der Waals surface area contributed by atoms with Gasteiger partial charge in [-0.1, -0.05) is 36.4 Å². The van der Waals surface area contributed by atoms with Crippen molar-refractivity contribution in [1.29, 1.82) is 0 Å². The molecule has 0 aromatic heterocycles. The van der Waals surface area contributed by atoms with Gasteiger partial charge in [-0.25, -0.2) is 4.79 Å². The minimum absolute atomic E-state index is 0.0498. The predicted octanol–water partition coefficient (Wildman–Crippen LogP) is 2.05. The van der Waals surface area contributed by atoms with E-state index in [4.69, 9.17) is 11.5 Å². The van der Waals surface area contributed by atoms with Crippen LogP contribution >= 0.6 is 0 Å². The number of carboxylic acid groups (broad SMARTS) is 1. The molecule has 0 aliphatic heterocycles. The van der Waals surface area contributed by atoms with Crippen molar-refractivity contribution < 1.29 is 14.7 Å². The lowest BCUT2D eigenvalue weighted by molar-refractivity contribution is -0.139. The molecule has 2 N–H and O–H groups in total. The molecule has 0 aliphatic carbocycles. The number of fused-ring (bicyclic) bond motifs is 1. The van der Waals surface area contributed by atoms with Gasteiger partial charge in [0, 0.05) is 12.0 Å². The molecule has 1 atom stereocenters. The number of benzene rings is 2. The third-order valence-corrected chi connectivity index (χ3v) is 2.96. The second kappa shape index (κ2) is 5.89. The highest BCUT2D eigenvalue weighted by Gasteiger charge is 2.20. The Balaban J connectivity index is 2.32. The summed E-state index contributed by atoms with van der Waals surface area (Å²) in [5.74, 6) is 0.665. The summed E-state index contributed by atoms with van der Waals surface area (Å²) in [4.78, 5) is 23.2. The number of terminal acetylenes is 1. The molecule has 0 fully saturated rings. The summed E-state index contributed by atoms with van der Waals surface area (Å²) in [6, 6.07) is 11.6. The molecule has 0 spiro atoms. The second-order valence-electron chi connectivity index (χ2n) is 4.30. The van der Waals surface area contributed by atoms with Gasteiger partial charge in [0.2, 0.25) is 0 Å². The second-order valence-corrected chi connectivity index (χ2v) is 4.30. The van der Waals surface area contributed by atoms with Gasteiger partial charge in [0.15, 0.2) is 0 Å². The van der Waals surface area contributed by atoms with E-state index in [1.807, 2.05) is 30.3 Å². The summed E-state index contributed by atoms with van der Waals surface area (Å²) in [6.07, 6.45) is 5.06. The smallest absolute Gasteiger partial charge is 0.327 e. The summed E-state index contributed by atoms with van der Waals surface area (Å²) in [6.45, 7) is 0. The van der Waals surface area contributed by atoms with E-state index >= 15 is 0 Å². The Morgan fingerprint density at radius 3 is 2.60 bits per heavy atom. The molecule has 2 rings (SSSR count). The molecule has 100 valence electrons. The number of carboxylic acids is 1. The number of carbonyl (C=O) groups excluding carboxylic acids is 1. The fourth-order valence-electron chi connectivity index (χ4n) is 1.98. The van der Waals surface area contributed by atoms with Crippen molar-refractivity contribution in [3.05, 3.63) is 48.0 Å². The number of carbonyl (C=O) groups is 2. The average molecular weight is 267 g/mol. The summed E-state index contributed by atoms with van der Waals surface area (Å²) in [5.41, 5.74) is 0.436. The standard InChI is InChI=1S/C16H13NO3/c1-2-6-14(16(19)20)17-15(18)13-10-5-8-11-7-3-4-9-12(11)13/h1,3-5,7-10,14H,6H2,(H,17,18)(H,19,20). The molecular weight excluding hydrogens is 254 g/mol. The number of aliphatic carboxylic acids is 1. The van der Waals surface area contributed by atoms with E-state index in [0.29, 0.717) is 5.56 Å². The predicted molar refractivity (Wildman–Crippen MR) is 76.3 cm³/mol. The number of hydrogen-bond donors (Lipinski definition) is 2. The van der Waals surface area contributed by atoms with Crippen LogP contribution in [0.25, 0.3) is 10.8 Å². The zero-order valence-corrected chi connectivity index (χ0v) is 10.7. The van der Waals surface area contributed by atoms with Gasteiger partial charge in [-0.05, 0) is 16.8 Å². The van der Waals surface area contributed by atoms with Crippen molar-refractivity contribution in [3.63, 3.8) is 0 Å². The Kier molecular flexibility index (Phi) is 4.02. The van der Waals surface area contributed by atoms with Gasteiger partial charge >= 0.3 is 5.97 Å². The van der Waals surface area contributed by atoms with E-state index in [9.17, 15) is 9.59 Å². The minimum Gasteiger partial charge on any atom is -0.480 e. The fraction of sp³-hybridized carbons (Fsp3) is 0.125. The van der Waals surface area contributed by atoms with Gasteiger partial charge in [0.1, 0.15) is 6.04 Å². The maximum absolute atomic E-state index is 12.2. The lowest BCUT2D eigenvalue weighted by Crippen LogP contribution is -2.40. The number of rotatable bonds is 4. The molecule has 0 bridgehead atoms. The van der Waals surface area contributed by atoms with Crippen molar-refractivity contribution in [2.24, 2.45) is 0 Å². The largest absolute Gasteiger partial charge is 0.480 e. The maximum Gasteiger partial charge on any atom is 0.327 e. The van der Waals surface area contributed by atoms with Crippen LogP contribution in [0, 0.1) is 12.3 Å². The van der Waals surface area contributed by atoms with Crippen molar-refractivity contribution in [1.82, 2.24) is 5.32 Å². The van der Waals surface area contributed by atoms with Crippen LogP contribution in [0.5, 0.6) is 0 Å². The van der Waals surface area contributed by atoms with Crippen molar-refractivity contribution in [2.75, 3.05) is 0 Å². The highest BCUT2D eigenvalue weighted by Crippen LogP contribution is 2.18. The Morgan fingerprint density at radius 1 is 1.20 bits per heavy atom. The molecule has 2 aromatic rings. The zero-order valence-electron chi connectivity index (χ0n) is 10.7. The summed E-state index contributed by atoms with van der Waals surface area (Å²) in [5, 5.41) is 13.1. The van der Waals surface area contributed by atoms with Crippen molar-refractivity contribution in [3.8, 4) is 12.3 Å². The molecule has 1 unspecified atom stereocenters. The minimum atomic E-state index is -1.14. The van der Waals surface area contributed by atoms with Gasteiger partial charge < -0.3 is 10.4 Å². The van der Waals surface area contributed by atoms with Crippen LogP contribution in [0.15, 0.2) is 42.5 Å². The maximum atomic E-state index is 12.2. The summed E-state index contributed by atoms with van der Waals surface area (Å²) >= 11 is 0. The van der Waals surface area contributed by atoms with Gasteiger partial charge in [0.05, 0.1) is 0 Å². The molecule has 0 saturated heterocycles. The third-order valence-electron chi connectivity index (χ3n) is 2.96. The fourth-order valence-corrected chi connectivity index (χ4v) is 1.98. The first-order chi connectivity index (χ1) is 9.63. The first-order valence-electron chi connectivity index (χ1n) is 6.08. The lowest BCUT2D eigenvalue weighted by atomic mass is 10.0. The molecule has 20 heavy (non-hydrogen) atoms. The highest BCUT2D eigenvalue weighted by molar-refractivity contribution is 6.07. The van der Waals surface area contributed by atoms with E-state index < -0.39 is 17.9 Å². The van der Waals surface area contributed by atoms with Crippen LogP contribution in [-0.4, -0.2) is 23.0 Å². The number of hydrogen-bond acceptors (Lipinski definition) is 2. The molecule has 1 amide bonds. The van der Waals surface area contributed by atoms with Crippen LogP contribution < -0.4 is 5.32 Å². The molecule has 4 heteroatoms. The SMILES string of the molecule is C#CCC(NC(=O)c1cccc2ccccc12)C(=O)O. The Bertz CT molecular complexity index is 695. The van der Waals surface area contributed by atoms with Gasteiger partial charge in [-0.2, -0.15) is 0 Å². The first kappa shape index (κ1) is 13.6. The molecule has 0 saturated carbocycles. The summed E-state index contributed by atoms with van der Waals surface area (Å²) in [7, 11) is 0. The summed E-state index contributed by atoms with van der Waals surface area (Å²) < 4.78 is 0. The van der Waals surface area contributed by atoms with Crippen LogP contribution in [0.1, 0.15) is 16.8 Å². The molecule has 0 radical (unpaired) electrons. The van der Waals surface area contributed by atoms with Crippen LogP contribution in [-0.2, 0) is 4.79 Å². The van der Waals surface area contributed by atoms with Gasteiger partial charge in [-0.15, -0.1) is 12.3 Å². The average Bonchev–Trinajstić information content (AvgIpc) is 2.46. The molecule has 0 heterocycles. The Morgan fingerprint density at radius 2 is 1.90 bits per heavy atom. The number of nitrogens with one attached hydrogen (secondary N) is 1. The van der Waals surface area contributed by atoms with Crippen LogP contribution in [0.2, 0.25) is 0 Å². The van der Waals surface area contributed by atoms with Crippen LogP contribution in [0.3, 0.4) is 0 Å². The highest BCUT2D eigenvalue weighted by atomic mass is 16.4. The topological polar surface area (TPSA) is 66.4 Å². The van der Waals surface area contributed by atoms with E-state index in [-0.39, 0.29) is 6.42 Å². The zero-order chi connectivity index (χ0) is 14.5. The lowest BCUT2D eigenvalue weighted by Gasteiger charge is -2.13. The van der Waals surface area contributed by atoms with E-state index in [2.05, 4.69) is 11.2 Å². The number of amides is 1. The molecular formula is C16H13NO3. The van der Waals surface area contributed by atoms with Crippen molar-refractivity contribution >= 4 is 22.6 Å². The van der Waals surface area contributed by atoms with E-state index in [1.54, 1.807) is 12.1 Å². The quantitative estimate of drug-likeness (QED) is 0.833. The first-order valence-corrected chi connectivity index (χ1v) is 6.08. The van der Waals surface area contributed by atoms with Crippen molar-refractivity contribution in [2.45, 2.75) is 12.5 Å². The van der Waals surface area contributed by atoms with Crippen LogP contribution in [0.4, 0.5) is 0 Å². The van der Waals surface area contributed by atoms with E-state index in [1.165, 1.54) is 0 Å². The van der Waals surface area contributed by atoms with E-state index in [0.717, 1.165) is 10.8 Å². The molecule has 4 nitrogen and oxygen atoms in total. The van der Waals surface area contributed by atoms with Gasteiger partial charge in [-0.3, -0.25) is 4.79 Å². The molecule has 0 aliphatic rings.